The summed E-state index contributed by atoms with van der Waals surface area (Å²) in [6, 6.07) is 6.77. The SMILES string of the molecule is CCCNC(Cc1ccc(C)cc1Cl)C(C)(CC)N(C)C. The molecular weight excluding hydrogens is 280 g/mol. The van der Waals surface area contributed by atoms with E-state index in [1.807, 2.05) is 0 Å². The molecule has 0 aliphatic rings. The van der Waals surface area contributed by atoms with E-state index in [0.29, 0.717) is 6.04 Å². The third-order valence-corrected chi connectivity index (χ3v) is 5.11. The number of nitrogens with one attached hydrogen (secondary N) is 1. The van der Waals surface area contributed by atoms with E-state index in [2.05, 4.69) is 70.2 Å². The maximum absolute atomic E-state index is 6.44. The number of nitrogens with zero attached hydrogens (tertiary/aromatic N) is 1. The van der Waals surface area contributed by atoms with Crippen molar-refractivity contribution >= 4 is 11.6 Å². The van der Waals surface area contributed by atoms with Crippen molar-refractivity contribution in [3.05, 3.63) is 34.3 Å². The van der Waals surface area contributed by atoms with E-state index in [1.165, 1.54) is 11.1 Å². The van der Waals surface area contributed by atoms with Gasteiger partial charge < -0.3 is 10.2 Å². The maximum atomic E-state index is 6.44. The van der Waals surface area contributed by atoms with Gasteiger partial charge in [0.1, 0.15) is 0 Å². The van der Waals surface area contributed by atoms with Gasteiger partial charge in [-0.2, -0.15) is 0 Å². The van der Waals surface area contributed by atoms with Crippen LogP contribution in [0, 0.1) is 6.92 Å². The van der Waals surface area contributed by atoms with Crippen LogP contribution in [0.5, 0.6) is 0 Å². The molecule has 0 heterocycles. The minimum absolute atomic E-state index is 0.114. The van der Waals surface area contributed by atoms with Crippen LogP contribution in [0.25, 0.3) is 0 Å². The maximum Gasteiger partial charge on any atom is 0.0441 e. The van der Waals surface area contributed by atoms with Gasteiger partial charge >= 0.3 is 0 Å². The first-order valence-corrected chi connectivity index (χ1v) is 8.38. The van der Waals surface area contributed by atoms with Gasteiger partial charge in [0, 0.05) is 16.6 Å². The molecule has 3 heteroatoms. The number of hydrogen-bond acceptors (Lipinski definition) is 2. The minimum atomic E-state index is 0.114. The van der Waals surface area contributed by atoms with E-state index in [1.54, 1.807) is 0 Å². The normalized spacial score (nSPS) is 16.0. The first kappa shape index (κ1) is 18.5. The quantitative estimate of drug-likeness (QED) is 0.770. The standard InChI is InChI=1S/C18H31ClN2/c1-7-11-20-17(18(4,8-2)21(5)6)13-15-10-9-14(3)12-16(15)19/h9-10,12,17,20H,7-8,11,13H2,1-6H3. The molecule has 0 aliphatic heterocycles. The zero-order valence-corrected chi connectivity index (χ0v) is 15.2. The first-order chi connectivity index (χ1) is 9.85. The Labute approximate surface area is 135 Å². The van der Waals surface area contributed by atoms with Gasteiger partial charge in [0.15, 0.2) is 0 Å². The van der Waals surface area contributed by atoms with Gasteiger partial charge in [0.25, 0.3) is 0 Å². The zero-order valence-electron chi connectivity index (χ0n) is 14.5. The van der Waals surface area contributed by atoms with Crippen molar-refractivity contribution in [3.63, 3.8) is 0 Å². The Kier molecular flexibility index (Phi) is 7.19. The van der Waals surface area contributed by atoms with Crippen LogP contribution >= 0.6 is 11.6 Å². The van der Waals surface area contributed by atoms with Crippen molar-refractivity contribution in [1.29, 1.82) is 0 Å². The van der Waals surface area contributed by atoms with Crippen LogP contribution in [0.1, 0.15) is 44.7 Å². The number of halogens is 1. The van der Waals surface area contributed by atoms with Crippen LogP contribution in [-0.2, 0) is 6.42 Å². The average Bonchev–Trinajstić information content (AvgIpc) is 2.44. The Balaban J connectivity index is 3.02. The second-order valence-electron chi connectivity index (χ2n) is 6.41. The van der Waals surface area contributed by atoms with E-state index in [9.17, 15) is 0 Å². The minimum Gasteiger partial charge on any atom is -0.312 e. The molecule has 1 aromatic carbocycles. The fourth-order valence-corrected chi connectivity index (χ4v) is 3.05. The summed E-state index contributed by atoms with van der Waals surface area (Å²) in [6.07, 6.45) is 3.21. The summed E-state index contributed by atoms with van der Waals surface area (Å²) < 4.78 is 0. The van der Waals surface area contributed by atoms with E-state index < -0.39 is 0 Å². The Hall–Kier alpha value is -0.570. The number of likely N-dealkylation sites (N-methyl/N-ethyl adjacent to an activating group) is 1. The predicted octanol–water partition coefficient (Wildman–Crippen LogP) is 4.29. The second kappa shape index (κ2) is 8.17. The Morgan fingerprint density at radius 1 is 1.29 bits per heavy atom. The molecule has 1 aromatic rings. The Morgan fingerprint density at radius 3 is 2.43 bits per heavy atom. The number of rotatable bonds is 8. The van der Waals surface area contributed by atoms with Crippen LogP contribution in [0.15, 0.2) is 18.2 Å². The third kappa shape index (κ3) is 4.70. The molecular formula is C18H31ClN2. The molecule has 21 heavy (non-hydrogen) atoms. The lowest BCUT2D eigenvalue weighted by molar-refractivity contribution is 0.112. The molecule has 0 saturated carbocycles. The van der Waals surface area contributed by atoms with Crippen molar-refractivity contribution < 1.29 is 0 Å². The van der Waals surface area contributed by atoms with Crippen LogP contribution in [0.3, 0.4) is 0 Å². The highest BCUT2D eigenvalue weighted by Gasteiger charge is 2.34. The lowest BCUT2D eigenvalue weighted by Gasteiger charge is -2.43. The molecule has 0 amide bonds. The fraction of sp³-hybridized carbons (Fsp3) is 0.667. The van der Waals surface area contributed by atoms with Gasteiger partial charge in [-0.25, -0.2) is 0 Å². The van der Waals surface area contributed by atoms with Gasteiger partial charge in [-0.05, 0) is 70.9 Å². The zero-order chi connectivity index (χ0) is 16.0. The topological polar surface area (TPSA) is 15.3 Å². The molecule has 2 unspecified atom stereocenters. The third-order valence-electron chi connectivity index (χ3n) is 4.76. The van der Waals surface area contributed by atoms with E-state index in [4.69, 9.17) is 11.6 Å². The van der Waals surface area contributed by atoms with Gasteiger partial charge in [-0.1, -0.05) is 37.6 Å². The molecule has 0 spiro atoms. The van der Waals surface area contributed by atoms with Gasteiger partial charge in [-0.15, -0.1) is 0 Å². The predicted molar refractivity (Wildman–Crippen MR) is 94.4 cm³/mol. The highest BCUT2D eigenvalue weighted by Crippen LogP contribution is 2.27. The summed E-state index contributed by atoms with van der Waals surface area (Å²) in [5.74, 6) is 0. The van der Waals surface area contributed by atoms with Crippen molar-refractivity contribution in [2.75, 3.05) is 20.6 Å². The molecule has 0 fully saturated rings. The number of benzene rings is 1. The van der Waals surface area contributed by atoms with Crippen LogP contribution in [0.4, 0.5) is 0 Å². The lowest BCUT2D eigenvalue weighted by atomic mass is 9.84. The summed E-state index contributed by atoms with van der Waals surface area (Å²) in [5.41, 5.74) is 2.56. The van der Waals surface area contributed by atoms with Gasteiger partial charge in [0.2, 0.25) is 0 Å². The number of aryl methyl sites for hydroxylation is 1. The van der Waals surface area contributed by atoms with Gasteiger partial charge in [0.05, 0.1) is 0 Å². The molecule has 0 radical (unpaired) electrons. The van der Waals surface area contributed by atoms with E-state index in [0.717, 1.165) is 30.8 Å². The molecule has 2 atom stereocenters. The number of hydrogen-bond donors (Lipinski definition) is 1. The molecule has 2 nitrogen and oxygen atoms in total. The molecule has 1 N–H and O–H groups in total. The van der Waals surface area contributed by atoms with Crippen molar-refractivity contribution in [3.8, 4) is 0 Å². The molecule has 1 rings (SSSR count). The molecule has 0 bridgehead atoms. The largest absolute Gasteiger partial charge is 0.312 e. The highest BCUT2D eigenvalue weighted by molar-refractivity contribution is 6.31. The lowest BCUT2D eigenvalue weighted by Crippen LogP contribution is -2.58. The fourth-order valence-electron chi connectivity index (χ4n) is 2.74. The molecule has 0 saturated heterocycles. The Bertz CT molecular complexity index is 445. The van der Waals surface area contributed by atoms with Crippen molar-refractivity contribution in [2.45, 2.75) is 58.5 Å². The van der Waals surface area contributed by atoms with E-state index >= 15 is 0 Å². The smallest absolute Gasteiger partial charge is 0.0441 e. The van der Waals surface area contributed by atoms with Crippen LogP contribution < -0.4 is 5.32 Å². The van der Waals surface area contributed by atoms with Crippen LogP contribution in [0.2, 0.25) is 5.02 Å². The summed E-state index contributed by atoms with van der Waals surface area (Å²) in [7, 11) is 4.34. The van der Waals surface area contributed by atoms with Gasteiger partial charge in [-0.3, -0.25) is 0 Å². The van der Waals surface area contributed by atoms with Crippen LogP contribution in [-0.4, -0.2) is 37.1 Å². The molecule has 0 aliphatic carbocycles. The molecule has 0 aromatic heterocycles. The highest BCUT2D eigenvalue weighted by atomic mass is 35.5. The average molecular weight is 311 g/mol. The summed E-state index contributed by atoms with van der Waals surface area (Å²) in [4.78, 5) is 2.34. The summed E-state index contributed by atoms with van der Waals surface area (Å²) in [6.45, 7) is 9.93. The second-order valence-corrected chi connectivity index (χ2v) is 6.82. The van der Waals surface area contributed by atoms with E-state index in [-0.39, 0.29) is 5.54 Å². The first-order valence-electron chi connectivity index (χ1n) is 8.01. The van der Waals surface area contributed by atoms with Crippen molar-refractivity contribution in [2.24, 2.45) is 0 Å². The monoisotopic (exact) mass is 310 g/mol. The summed E-state index contributed by atoms with van der Waals surface area (Å²) in [5, 5.41) is 4.62. The van der Waals surface area contributed by atoms with Crippen molar-refractivity contribution in [1.82, 2.24) is 10.2 Å². The Morgan fingerprint density at radius 2 is 1.95 bits per heavy atom. The summed E-state index contributed by atoms with van der Waals surface area (Å²) >= 11 is 6.44. The molecule has 120 valence electrons.